The van der Waals surface area contributed by atoms with Gasteiger partial charge in [-0.3, -0.25) is 14.4 Å². The number of fused-ring (bicyclic) bond motifs is 1. The Hall–Kier alpha value is -2.57. The van der Waals surface area contributed by atoms with Crippen molar-refractivity contribution in [2.24, 2.45) is 5.41 Å². The van der Waals surface area contributed by atoms with Gasteiger partial charge in [0.2, 0.25) is 5.91 Å². The molecule has 1 unspecified atom stereocenters. The predicted molar refractivity (Wildman–Crippen MR) is 97.2 cm³/mol. The molecule has 0 aromatic heterocycles. The van der Waals surface area contributed by atoms with Gasteiger partial charge in [0, 0.05) is 19.5 Å². The fourth-order valence-corrected chi connectivity index (χ4v) is 3.04. The lowest BCUT2D eigenvalue weighted by atomic mass is 9.82. The van der Waals surface area contributed by atoms with Crippen LogP contribution in [0.25, 0.3) is 0 Å². The zero-order valence-electron chi connectivity index (χ0n) is 15.4. The number of para-hydroxylation sites is 2. The second kappa shape index (κ2) is 8.21. The van der Waals surface area contributed by atoms with Crippen molar-refractivity contribution >= 4 is 23.5 Å². The number of amides is 2. The molecule has 1 aliphatic heterocycles. The quantitative estimate of drug-likeness (QED) is 0.739. The molecular weight excluding hydrogens is 336 g/mol. The molecule has 7 nitrogen and oxygen atoms in total. The maximum Gasteiger partial charge on any atom is 0.311 e. The number of hydrogen-bond acceptors (Lipinski definition) is 4. The molecule has 1 aromatic carbocycles. The Kier molecular flexibility index (Phi) is 6.23. The summed E-state index contributed by atoms with van der Waals surface area (Å²) in [7, 11) is 0. The van der Waals surface area contributed by atoms with Crippen molar-refractivity contribution in [2.75, 3.05) is 18.0 Å². The third-order valence-corrected chi connectivity index (χ3v) is 5.07. The van der Waals surface area contributed by atoms with Crippen LogP contribution < -0.4 is 15.0 Å². The summed E-state index contributed by atoms with van der Waals surface area (Å²) < 4.78 is 5.57. The molecule has 0 saturated carbocycles. The zero-order valence-corrected chi connectivity index (χ0v) is 15.4. The third-order valence-electron chi connectivity index (χ3n) is 5.07. The van der Waals surface area contributed by atoms with E-state index in [0.29, 0.717) is 24.3 Å². The van der Waals surface area contributed by atoms with Gasteiger partial charge < -0.3 is 20.1 Å². The average molecular weight is 362 g/mol. The molecule has 0 aliphatic carbocycles. The lowest BCUT2D eigenvalue weighted by Gasteiger charge is -2.33. The Labute approximate surface area is 153 Å². The summed E-state index contributed by atoms with van der Waals surface area (Å²) in [5.74, 6) is -0.767. The van der Waals surface area contributed by atoms with Gasteiger partial charge in [-0.2, -0.15) is 0 Å². The molecular formula is C19H26N2O5. The van der Waals surface area contributed by atoms with Gasteiger partial charge in [0.25, 0.3) is 5.91 Å². The number of nitrogens with zero attached hydrogens (tertiary/aromatic N) is 1. The summed E-state index contributed by atoms with van der Waals surface area (Å²) in [4.78, 5) is 37.7. The summed E-state index contributed by atoms with van der Waals surface area (Å²) in [5.41, 5.74) is -0.309. The van der Waals surface area contributed by atoms with E-state index >= 15 is 0 Å². The van der Waals surface area contributed by atoms with E-state index in [9.17, 15) is 19.5 Å². The molecule has 26 heavy (non-hydrogen) atoms. The molecule has 2 amide bonds. The first-order valence-electron chi connectivity index (χ1n) is 8.91. The first-order chi connectivity index (χ1) is 12.3. The number of anilines is 1. The Morgan fingerprint density at radius 1 is 1.27 bits per heavy atom. The van der Waals surface area contributed by atoms with Crippen molar-refractivity contribution in [3.8, 4) is 5.75 Å². The van der Waals surface area contributed by atoms with Crippen molar-refractivity contribution in [1.29, 1.82) is 0 Å². The third kappa shape index (κ3) is 3.98. The number of hydrogen-bond donors (Lipinski definition) is 2. The Bertz CT molecular complexity index is 684. The number of carbonyl (C=O) groups excluding carboxylic acids is 2. The van der Waals surface area contributed by atoms with Gasteiger partial charge in [-0.15, -0.1) is 0 Å². The first kappa shape index (κ1) is 19.8. The van der Waals surface area contributed by atoms with Crippen LogP contribution in [0.4, 0.5) is 5.69 Å². The molecule has 1 aliphatic rings. The molecule has 0 radical (unpaired) electrons. The van der Waals surface area contributed by atoms with E-state index in [1.165, 1.54) is 0 Å². The topological polar surface area (TPSA) is 95.9 Å². The van der Waals surface area contributed by atoms with Crippen molar-refractivity contribution < 1.29 is 24.2 Å². The smallest absolute Gasteiger partial charge is 0.311 e. The van der Waals surface area contributed by atoms with Crippen LogP contribution in [-0.4, -0.2) is 42.1 Å². The van der Waals surface area contributed by atoms with Gasteiger partial charge in [-0.25, -0.2) is 0 Å². The number of ether oxygens (including phenoxy) is 1. The van der Waals surface area contributed by atoms with Crippen molar-refractivity contribution in [2.45, 2.75) is 46.1 Å². The molecule has 1 heterocycles. The number of carboxylic acids is 1. The van der Waals surface area contributed by atoms with Crippen LogP contribution in [0.5, 0.6) is 5.75 Å². The normalized spacial score (nSPS) is 16.7. The van der Waals surface area contributed by atoms with Crippen LogP contribution >= 0.6 is 0 Å². The standard InChI is InChI=1S/C19H26N2O5/c1-4-19(5-2,18(24)25)12-20-16(22)10-11-21-14-8-6-7-9-15(14)26-13(3)17(21)23/h6-9,13H,4-5,10-12H2,1-3H3,(H,20,22)(H,24,25). The average Bonchev–Trinajstić information content (AvgIpc) is 2.63. The van der Waals surface area contributed by atoms with Crippen LogP contribution in [0.1, 0.15) is 40.0 Å². The van der Waals surface area contributed by atoms with E-state index in [2.05, 4.69) is 5.32 Å². The van der Waals surface area contributed by atoms with Crippen molar-refractivity contribution in [3.63, 3.8) is 0 Å². The maximum atomic E-state index is 12.4. The van der Waals surface area contributed by atoms with Gasteiger partial charge in [-0.1, -0.05) is 26.0 Å². The van der Waals surface area contributed by atoms with E-state index in [4.69, 9.17) is 4.74 Å². The Balaban J connectivity index is 1.99. The van der Waals surface area contributed by atoms with Gasteiger partial charge in [0.15, 0.2) is 6.10 Å². The van der Waals surface area contributed by atoms with E-state index in [1.54, 1.807) is 37.8 Å². The number of carbonyl (C=O) groups is 3. The molecule has 0 bridgehead atoms. The lowest BCUT2D eigenvalue weighted by molar-refractivity contribution is -0.149. The minimum absolute atomic E-state index is 0.0816. The van der Waals surface area contributed by atoms with Crippen LogP contribution in [0.3, 0.4) is 0 Å². The molecule has 2 rings (SSSR count). The molecule has 0 fully saturated rings. The van der Waals surface area contributed by atoms with Gasteiger partial charge >= 0.3 is 5.97 Å². The Morgan fingerprint density at radius 3 is 2.54 bits per heavy atom. The summed E-state index contributed by atoms with van der Waals surface area (Å²) in [6.45, 7) is 5.57. The predicted octanol–water partition coefficient (Wildman–Crippen LogP) is 2.20. The highest BCUT2D eigenvalue weighted by Crippen LogP contribution is 2.33. The van der Waals surface area contributed by atoms with Gasteiger partial charge in [0.05, 0.1) is 11.1 Å². The molecule has 0 spiro atoms. The fourth-order valence-electron chi connectivity index (χ4n) is 3.04. The fraction of sp³-hybridized carbons (Fsp3) is 0.526. The monoisotopic (exact) mass is 362 g/mol. The minimum atomic E-state index is -0.953. The molecule has 142 valence electrons. The molecule has 1 aromatic rings. The van der Waals surface area contributed by atoms with Crippen LogP contribution in [0, 0.1) is 5.41 Å². The van der Waals surface area contributed by atoms with Crippen LogP contribution in [0.2, 0.25) is 0 Å². The van der Waals surface area contributed by atoms with Crippen LogP contribution in [-0.2, 0) is 14.4 Å². The van der Waals surface area contributed by atoms with Gasteiger partial charge in [0.1, 0.15) is 5.75 Å². The lowest BCUT2D eigenvalue weighted by Crippen LogP contribution is -2.47. The largest absolute Gasteiger partial charge is 0.481 e. The zero-order chi connectivity index (χ0) is 19.3. The number of carboxylic acid groups (broad SMARTS) is 1. The second-order valence-electron chi connectivity index (χ2n) is 6.54. The highest BCUT2D eigenvalue weighted by Gasteiger charge is 2.35. The SMILES string of the molecule is CCC(CC)(CNC(=O)CCN1C(=O)C(C)Oc2ccccc21)C(=O)O. The molecule has 1 atom stereocenters. The molecule has 0 saturated heterocycles. The maximum absolute atomic E-state index is 12.4. The van der Waals surface area contributed by atoms with Crippen molar-refractivity contribution in [3.05, 3.63) is 24.3 Å². The Morgan fingerprint density at radius 2 is 1.92 bits per heavy atom. The summed E-state index contributed by atoms with van der Waals surface area (Å²) >= 11 is 0. The number of aliphatic carboxylic acids is 1. The second-order valence-corrected chi connectivity index (χ2v) is 6.54. The van der Waals surface area contributed by atoms with E-state index in [0.717, 1.165) is 0 Å². The summed E-state index contributed by atoms with van der Waals surface area (Å²) in [6, 6.07) is 7.20. The summed E-state index contributed by atoms with van der Waals surface area (Å²) in [5, 5.41) is 12.1. The highest BCUT2D eigenvalue weighted by atomic mass is 16.5. The van der Waals surface area contributed by atoms with E-state index < -0.39 is 17.5 Å². The summed E-state index contributed by atoms with van der Waals surface area (Å²) in [6.07, 6.45) is 0.362. The van der Waals surface area contributed by atoms with Crippen LogP contribution in [0.15, 0.2) is 24.3 Å². The highest BCUT2D eigenvalue weighted by molar-refractivity contribution is 6.00. The van der Waals surface area contributed by atoms with E-state index in [1.807, 2.05) is 12.1 Å². The molecule has 2 N–H and O–H groups in total. The number of rotatable bonds is 8. The van der Waals surface area contributed by atoms with E-state index in [-0.39, 0.29) is 31.3 Å². The first-order valence-corrected chi connectivity index (χ1v) is 8.91. The van der Waals surface area contributed by atoms with Crippen molar-refractivity contribution in [1.82, 2.24) is 5.32 Å². The number of benzene rings is 1. The molecule has 7 heteroatoms. The van der Waals surface area contributed by atoms with Gasteiger partial charge in [-0.05, 0) is 31.9 Å². The minimum Gasteiger partial charge on any atom is -0.481 e. The number of nitrogens with one attached hydrogen (secondary N) is 1.